The van der Waals surface area contributed by atoms with Crippen molar-refractivity contribution in [2.45, 2.75) is 0 Å². The van der Waals surface area contributed by atoms with Crippen molar-refractivity contribution in [2.24, 2.45) is 7.05 Å². The number of piperazine rings is 1. The molecule has 0 unspecified atom stereocenters. The first-order valence-electron chi connectivity index (χ1n) is 10.0. The van der Waals surface area contributed by atoms with Gasteiger partial charge in [0.1, 0.15) is 11.6 Å². The SMILES string of the molecule is Cn1ncc2c(Nc3cccc(Cl)c3)nc(N3CCN(c4ccc(F)cc4)CC3)nc21. The highest BCUT2D eigenvalue weighted by Gasteiger charge is 2.22. The van der Waals surface area contributed by atoms with Crippen molar-refractivity contribution in [3.8, 4) is 0 Å². The highest BCUT2D eigenvalue weighted by molar-refractivity contribution is 6.30. The number of aryl methyl sites for hydroxylation is 1. The first kappa shape index (κ1) is 19.6. The topological polar surface area (TPSA) is 62.1 Å². The molecule has 2 aromatic heterocycles. The first-order valence-corrected chi connectivity index (χ1v) is 10.4. The second-order valence-corrected chi connectivity index (χ2v) is 7.90. The lowest BCUT2D eigenvalue weighted by molar-refractivity contribution is 0.623. The zero-order chi connectivity index (χ0) is 21.4. The van der Waals surface area contributed by atoms with Crippen LogP contribution in [0, 0.1) is 5.82 Å². The number of hydrogen-bond acceptors (Lipinski definition) is 6. The average molecular weight is 438 g/mol. The van der Waals surface area contributed by atoms with Gasteiger partial charge in [-0.05, 0) is 42.5 Å². The summed E-state index contributed by atoms with van der Waals surface area (Å²) in [4.78, 5) is 14.0. The second kappa shape index (κ2) is 8.03. The van der Waals surface area contributed by atoms with E-state index in [0.29, 0.717) is 16.8 Å². The van der Waals surface area contributed by atoms with Crippen LogP contribution >= 0.6 is 11.6 Å². The predicted molar refractivity (Wildman–Crippen MR) is 122 cm³/mol. The van der Waals surface area contributed by atoms with Gasteiger partial charge in [-0.15, -0.1) is 0 Å². The van der Waals surface area contributed by atoms with Crippen LogP contribution in [0.4, 0.5) is 27.5 Å². The molecule has 7 nitrogen and oxygen atoms in total. The molecule has 4 aromatic rings. The minimum absolute atomic E-state index is 0.222. The molecule has 31 heavy (non-hydrogen) atoms. The predicted octanol–water partition coefficient (Wildman–Crippen LogP) is 4.23. The van der Waals surface area contributed by atoms with E-state index in [1.54, 1.807) is 10.9 Å². The van der Waals surface area contributed by atoms with E-state index in [4.69, 9.17) is 21.6 Å². The Morgan fingerprint density at radius 1 is 0.968 bits per heavy atom. The van der Waals surface area contributed by atoms with Crippen molar-refractivity contribution >= 4 is 45.8 Å². The van der Waals surface area contributed by atoms with Crippen LogP contribution in [0.5, 0.6) is 0 Å². The molecule has 1 saturated heterocycles. The highest BCUT2D eigenvalue weighted by Crippen LogP contribution is 2.28. The highest BCUT2D eigenvalue weighted by atomic mass is 35.5. The minimum Gasteiger partial charge on any atom is -0.368 e. The summed E-state index contributed by atoms with van der Waals surface area (Å²) in [5.74, 6) is 1.12. The maximum atomic E-state index is 13.2. The van der Waals surface area contributed by atoms with Gasteiger partial charge in [-0.2, -0.15) is 15.1 Å². The molecule has 1 aliphatic rings. The lowest BCUT2D eigenvalue weighted by Crippen LogP contribution is -2.47. The second-order valence-electron chi connectivity index (χ2n) is 7.46. The molecule has 5 rings (SSSR count). The van der Waals surface area contributed by atoms with Crippen molar-refractivity contribution in [1.82, 2.24) is 19.7 Å². The maximum Gasteiger partial charge on any atom is 0.229 e. The van der Waals surface area contributed by atoms with Gasteiger partial charge in [0.15, 0.2) is 5.65 Å². The number of rotatable bonds is 4. The van der Waals surface area contributed by atoms with Gasteiger partial charge in [-0.3, -0.25) is 4.68 Å². The average Bonchev–Trinajstić information content (AvgIpc) is 3.16. The summed E-state index contributed by atoms with van der Waals surface area (Å²) in [5.41, 5.74) is 2.63. The Morgan fingerprint density at radius 3 is 2.45 bits per heavy atom. The zero-order valence-electron chi connectivity index (χ0n) is 17.0. The van der Waals surface area contributed by atoms with Crippen LogP contribution in [0.2, 0.25) is 5.02 Å². The summed E-state index contributed by atoms with van der Waals surface area (Å²) in [7, 11) is 1.87. The molecule has 0 amide bonds. The van der Waals surface area contributed by atoms with E-state index in [9.17, 15) is 4.39 Å². The van der Waals surface area contributed by atoms with Gasteiger partial charge in [0.25, 0.3) is 0 Å². The summed E-state index contributed by atoms with van der Waals surface area (Å²) in [6.45, 7) is 3.12. The van der Waals surface area contributed by atoms with E-state index >= 15 is 0 Å². The molecule has 9 heteroatoms. The van der Waals surface area contributed by atoms with Crippen molar-refractivity contribution in [1.29, 1.82) is 0 Å². The molecular weight excluding hydrogens is 417 g/mol. The molecule has 3 heterocycles. The van der Waals surface area contributed by atoms with Gasteiger partial charge < -0.3 is 15.1 Å². The number of anilines is 4. The van der Waals surface area contributed by atoms with E-state index in [0.717, 1.165) is 48.6 Å². The molecule has 2 aromatic carbocycles. The lowest BCUT2D eigenvalue weighted by Gasteiger charge is -2.36. The first-order chi connectivity index (χ1) is 15.1. The van der Waals surface area contributed by atoms with Crippen LogP contribution in [0.3, 0.4) is 0 Å². The van der Waals surface area contributed by atoms with Gasteiger partial charge in [0, 0.05) is 49.6 Å². The van der Waals surface area contributed by atoms with E-state index in [1.165, 1.54) is 12.1 Å². The fraction of sp³-hybridized carbons (Fsp3) is 0.227. The van der Waals surface area contributed by atoms with Crippen LogP contribution in [0.25, 0.3) is 11.0 Å². The van der Waals surface area contributed by atoms with E-state index in [1.807, 2.05) is 43.4 Å². The monoisotopic (exact) mass is 437 g/mol. The molecule has 0 aliphatic carbocycles. The molecule has 0 saturated carbocycles. The minimum atomic E-state index is -0.222. The molecule has 158 valence electrons. The number of fused-ring (bicyclic) bond motifs is 1. The van der Waals surface area contributed by atoms with Crippen LogP contribution in [-0.2, 0) is 7.05 Å². The van der Waals surface area contributed by atoms with E-state index < -0.39 is 0 Å². The quantitative estimate of drug-likeness (QED) is 0.515. The molecule has 0 radical (unpaired) electrons. The van der Waals surface area contributed by atoms with Crippen molar-refractivity contribution in [2.75, 3.05) is 41.3 Å². The number of benzene rings is 2. The standard InChI is InChI=1S/C22H21ClFN7/c1-29-21-19(14-25-29)20(26-17-4-2-3-15(23)13-17)27-22(28-21)31-11-9-30(10-12-31)18-7-5-16(24)6-8-18/h2-8,13-14H,9-12H2,1H3,(H,26,27,28). The van der Waals surface area contributed by atoms with Crippen molar-refractivity contribution < 1.29 is 4.39 Å². The summed E-state index contributed by atoms with van der Waals surface area (Å²) in [6.07, 6.45) is 1.76. The lowest BCUT2D eigenvalue weighted by atomic mass is 10.2. The largest absolute Gasteiger partial charge is 0.368 e. The Labute approximate surface area is 184 Å². The summed E-state index contributed by atoms with van der Waals surface area (Å²) >= 11 is 6.14. The van der Waals surface area contributed by atoms with Crippen LogP contribution < -0.4 is 15.1 Å². The Bertz CT molecular complexity index is 1220. The third-order valence-electron chi connectivity index (χ3n) is 5.42. The summed E-state index contributed by atoms with van der Waals surface area (Å²) in [6, 6.07) is 14.1. The fourth-order valence-corrected chi connectivity index (χ4v) is 3.96. The number of hydrogen-bond donors (Lipinski definition) is 1. The Balaban J connectivity index is 1.41. The number of nitrogens with one attached hydrogen (secondary N) is 1. The Morgan fingerprint density at radius 2 is 1.71 bits per heavy atom. The third kappa shape index (κ3) is 3.98. The Kier molecular flexibility index (Phi) is 5.07. The molecule has 0 atom stereocenters. The number of aromatic nitrogens is 4. The van der Waals surface area contributed by atoms with Crippen molar-refractivity contribution in [3.63, 3.8) is 0 Å². The molecule has 1 aliphatic heterocycles. The molecule has 0 bridgehead atoms. The fourth-order valence-electron chi connectivity index (χ4n) is 3.77. The Hall–Kier alpha value is -3.39. The van der Waals surface area contributed by atoms with Gasteiger partial charge in [-0.1, -0.05) is 17.7 Å². The summed E-state index contributed by atoms with van der Waals surface area (Å²) < 4.78 is 15.0. The number of nitrogens with zero attached hydrogens (tertiary/aromatic N) is 6. The van der Waals surface area contributed by atoms with Gasteiger partial charge in [-0.25, -0.2) is 4.39 Å². The van der Waals surface area contributed by atoms with Crippen LogP contribution in [0.1, 0.15) is 0 Å². The molecule has 1 fully saturated rings. The van der Waals surface area contributed by atoms with Crippen LogP contribution in [0.15, 0.2) is 54.7 Å². The molecule has 1 N–H and O–H groups in total. The van der Waals surface area contributed by atoms with E-state index in [-0.39, 0.29) is 5.82 Å². The third-order valence-corrected chi connectivity index (χ3v) is 5.66. The number of halogens is 2. The zero-order valence-corrected chi connectivity index (χ0v) is 17.7. The smallest absolute Gasteiger partial charge is 0.229 e. The van der Waals surface area contributed by atoms with E-state index in [2.05, 4.69) is 20.2 Å². The summed E-state index contributed by atoms with van der Waals surface area (Å²) in [5, 5.41) is 9.21. The van der Waals surface area contributed by atoms with Gasteiger partial charge >= 0.3 is 0 Å². The van der Waals surface area contributed by atoms with Crippen LogP contribution in [-0.4, -0.2) is 45.9 Å². The maximum absolute atomic E-state index is 13.2. The molecule has 0 spiro atoms. The van der Waals surface area contributed by atoms with Gasteiger partial charge in [0.2, 0.25) is 5.95 Å². The normalized spacial score (nSPS) is 14.3. The van der Waals surface area contributed by atoms with Crippen molar-refractivity contribution in [3.05, 3.63) is 65.6 Å². The molecular formula is C22H21ClFN7. The van der Waals surface area contributed by atoms with Gasteiger partial charge in [0.05, 0.1) is 11.6 Å².